The Labute approximate surface area is 342 Å². The van der Waals surface area contributed by atoms with Gasteiger partial charge in [0.25, 0.3) is 0 Å². The smallest absolute Gasteiger partial charge is 0.0786 e. The van der Waals surface area contributed by atoms with E-state index in [1.165, 1.54) is 241 Å². The predicted molar refractivity (Wildman–Crippen MR) is 214 cm³/mol. The van der Waals surface area contributed by atoms with Gasteiger partial charge in [-0.1, -0.05) is 158 Å². The zero-order chi connectivity index (χ0) is 34.5. The van der Waals surface area contributed by atoms with Crippen LogP contribution in [0.3, 0.4) is 0 Å². The third-order valence-electron chi connectivity index (χ3n) is 10.9. The first-order valence-corrected chi connectivity index (χ1v) is 22.2. The fourth-order valence-corrected chi connectivity index (χ4v) is 7.52. The first-order chi connectivity index (χ1) is 22.5. The van der Waals surface area contributed by atoms with Crippen LogP contribution in [-0.2, 0) is 0 Å². The Kier molecular flexibility index (Phi) is 52.1. The standard InChI is InChI=1S/C28H60N.C16H36N.2HI/c1-5-9-13-17-21-25-29(26-22-18-14-10-6-2,27-23-19-15-11-7-3)28-24-20-16-12-8-4;1-5-9-13-17(14-10-6-2,15-11-7-3)16-12-8-4;;/h5-28H2,1-4H3;5-16H2,1-4H3;2*1H/q2*+1;;/p-2. The van der Waals surface area contributed by atoms with Crippen molar-refractivity contribution in [2.75, 3.05) is 52.4 Å². The molecule has 0 rings (SSSR count). The molecule has 0 aromatic rings. The van der Waals surface area contributed by atoms with Crippen molar-refractivity contribution in [2.45, 2.75) is 235 Å². The largest absolute Gasteiger partial charge is 1.00 e. The maximum absolute atomic E-state index is 2.34. The van der Waals surface area contributed by atoms with E-state index in [1.54, 1.807) is 0 Å². The van der Waals surface area contributed by atoms with Gasteiger partial charge in [-0.05, 0) is 77.0 Å². The highest BCUT2D eigenvalue weighted by molar-refractivity contribution is 4.55. The second kappa shape index (κ2) is 44.5. The van der Waals surface area contributed by atoms with Crippen LogP contribution in [-0.4, -0.2) is 61.3 Å². The van der Waals surface area contributed by atoms with E-state index in [0.29, 0.717) is 0 Å². The normalized spacial score (nSPS) is 11.5. The minimum atomic E-state index is 0. The van der Waals surface area contributed by atoms with Crippen LogP contribution < -0.4 is 48.0 Å². The second-order valence-corrected chi connectivity index (χ2v) is 15.5. The number of quaternary nitrogens is 2. The molecule has 0 aliphatic carbocycles. The Morgan fingerprint density at radius 1 is 0.188 bits per heavy atom. The summed E-state index contributed by atoms with van der Waals surface area (Å²) < 4.78 is 2.89. The molecule has 0 aromatic heterocycles. The third-order valence-corrected chi connectivity index (χ3v) is 10.9. The monoisotopic (exact) mass is 907 g/mol. The first kappa shape index (κ1) is 56.1. The van der Waals surface area contributed by atoms with Gasteiger partial charge in [-0.25, -0.2) is 0 Å². The lowest BCUT2D eigenvalue weighted by Crippen LogP contribution is -3.00. The van der Waals surface area contributed by atoms with E-state index in [-0.39, 0.29) is 48.0 Å². The molecular formula is C44H96I2N2. The Balaban J connectivity index is -0.000000438. The van der Waals surface area contributed by atoms with E-state index in [4.69, 9.17) is 0 Å². The minimum Gasteiger partial charge on any atom is -1.00 e. The molecule has 4 heteroatoms. The molecule has 0 heterocycles. The van der Waals surface area contributed by atoms with Crippen LogP contribution in [0.25, 0.3) is 0 Å². The van der Waals surface area contributed by atoms with Crippen molar-refractivity contribution in [3.8, 4) is 0 Å². The number of hydrogen-bond acceptors (Lipinski definition) is 0. The number of nitrogens with zero attached hydrogens (tertiary/aromatic N) is 2. The summed E-state index contributed by atoms with van der Waals surface area (Å²) in [5, 5.41) is 0. The molecule has 2 nitrogen and oxygen atoms in total. The lowest BCUT2D eigenvalue weighted by atomic mass is 10.1. The molecular weight excluding hydrogens is 810 g/mol. The molecule has 0 radical (unpaired) electrons. The average Bonchev–Trinajstić information content (AvgIpc) is 3.07. The zero-order valence-electron chi connectivity index (χ0n) is 35.1. The second-order valence-electron chi connectivity index (χ2n) is 15.5. The van der Waals surface area contributed by atoms with Gasteiger partial charge in [-0.3, -0.25) is 0 Å². The molecule has 0 spiro atoms. The van der Waals surface area contributed by atoms with Gasteiger partial charge in [0.1, 0.15) is 0 Å². The van der Waals surface area contributed by atoms with Crippen molar-refractivity contribution in [2.24, 2.45) is 0 Å². The summed E-state index contributed by atoms with van der Waals surface area (Å²) in [6, 6.07) is 0. The fraction of sp³-hybridized carbons (Fsp3) is 1.00. The van der Waals surface area contributed by atoms with Crippen LogP contribution in [0.2, 0.25) is 0 Å². The molecule has 0 aliphatic heterocycles. The topological polar surface area (TPSA) is 0 Å². The van der Waals surface area contributed by atoms with Crippen LogP contribution >= 0.6 is 0 Å². The van der Waals surface area contributed by atoms with Gasteiger partial charge in [-0.15, -0.1) is 0 Å². The summed E-state index contributed by atoms with van der Waals surface area (Å²) in [5.41, 5.74) is 0. The predicted octanol–water partition coefficient (Wildman–Crippen LogP) is 8.70. The van der Waals surface area contributed by atoms with Crippen molar-refractivity contribution in [3.63, 3.8) is 0 Å². The molecule has 296 valence electrons. The number of hydrogen-bond donors (Lipinski definition) is 0. The van der Waals surface area contributed by atoms with Crippen molar-refractivity contribution in [1.29, 1.82) is 0 Å². The van der Waals surface area contributed by atoms with Crippen molar-refractivity contribution >= 4 is 0 Å². The van der Waals surface area contributed by atoms with E-state index in [1.807, 2.05) is 0 Å². The van der Waals surface area contributed by atoms with Crippen LogP contribution in [0, 0.1) is 0 Å². The van der Waals surface area contributed by atoms with Crippen molar-refractivity contribution in [3.05, 3.63) is 0 Å². The van der Waals surface area contributed by atoms with Crippen molar-refractivity contribution < 1.29 is 56.9 Å². The maximum Gasteiger partial charge on any atom is 0.0786 e. The molecule has 0 saturated carbocycles. The molecule has 0 unspecified atom stereocenters. The Hall–Kier alpha value is 1.38. The fourth-order valence-electron chi connectivity index (χ4n) is 7.52. The highest BCUT2D eigenvalue weighted by Crippen LogP contribution is 2.21. The van der Waals surface area contributed by atoms with E-state index >= 15 is 0 Å². The van der Waals surface area contributed by atoms with Gasteiger partial charge in [0.2, 0.25) is 0 Å². The molecule has 0 aliphatic rings. The SMILES string of the molecule is CCCCCCC[N+](CCCCCCC)(CCCCCCC)CCCCCCC.CCCC[N+](CCCC)(CCCC)CCCC.[I-].[I-]. The van der Waals surface area contributed by atoms with Gasteiger partial charge >= 0.3 is 0 Å². The summed E-state index contributed by atoms with van der Waals surface area (Å²) in [6.07, 6.45) is 39.9. The minimum absolute atomic E-state index is 0. The quantitative estimate of drug-likeness (QED) is 0.0336. The summed E-state index contributed by atoms with van der Waals surface area (Å²) in [7, 11) is 0. The maximum atomic E-state index is 2.34. The van der Waals surface area contributed by atoms with Gasteiger partial charge in [0.15, 0.2) is 0 Å². The molecule has 0 N–H and O–H groups in total. The Morgan fingerprint density at radius 3 is 0.500 bits per heavy atom. The number of halogens is 2. The highest BCUT2D eigenvalue weighted by atomic mass is 127. The zero-order valence-corrected chi connectivity index (χ0v) is 39.4. The first-order valence-electron chi connectivity index (χ1n) is 22.2. The molecule has 0 amide bonds. The third kappa shape index (κ3) is 35.8. The average molecular weight is 907 g/mol. The van der Waals surface area contributed by atoms with Crippen molar-refractivity contribution in [1.82, 2.24) is 0 Å². The molecule has 0 aromatic carbocycles. The van der Waals surface area contributed by atoms with E-state index < -0.39 is 0 Å². The summed E-state index contributed by atoms with van der Waals surface area (Å²) >= 11 is 0. The van der Waals surface area contributed by atoms with E-state index in [0.717, 1.165) is 0 Å². The Bertz CT molecular complexity index is 457. The van der Waals surface area contributed by atoms with Gasteiger partial charge in [0, 0.05) is 0 Å². The lowest BCUT2D eigenvalue weighted by Gasteiger charge is -2.39. The molecule has 0 bridgehead atoms. The summed E-state index contributed by atoms with van der Waals surface area (Å²) in [4.78, 5) is 0. The van der Waals surface area contributed by atoms with E-state index in [9.17, 15) is 0 Å². The highest BCUT2D eigenvalue weighted by Gasteiger charge is 2.26. The van der Waals surface area contributed by atoms with Crippen LogP contribution in [0.15, 0.2) is 0 Å². The Morgan fingerprint density at radius 2 is 0.333 bits per heavy atom. The number of unbranched alkanes of at least 4 members (excludes halogenated alkanes) is 20. The van der Waals surface area contributed by atoms with E-state index in [2.05, 4.69) is 55.4 Å². The van der Waals surface area contributed by atoms with Gasteiger partial charge < -0.3 is 56.9 Å². The summed E-state index contributed by atoms with van der Waals surface area (Å²) in [6.45, 7) is 30.2. The lowest BCUT2D eigenvalue weighted by molar-refractivity contribution is -0.929. The molecule has 0 atom stereocenters. The van der Waals surface area contributed by atoms with Crippen LogP contribution in [0.5, 0.6) is 0 Å². The summed E-state index contributed by atoms with van der Waals surface area (Å²) in [5.74, 6) is 0. The molecule has 0 saturated heterocycles. The van der Waals surface area contributed by atoms with Gasteiger partial charge in [-0.2, -0.15) is 0 Å². The molecule has 48 heavy (non-hydrogen) atoms. The van der Waals surface area contributed by atoms with Gasteiger partial charge in [0.05, 0.1) is 52.4 Å². The number of rotatable bonds is 36. The van der Waals surface area contributed by atoms with Crippen LogP contribution in [0.4, 0.5) is 0 Å². The molecule has 0 fully saturated rings. The van der Waals surface area contributed by atoms with Crippen LogP contribution in [0.1, 0.15) is 235 Å².